The lowest BCUT2D eigenvalue weighted by molar-refractivity contribution is 0.0184. The first-order valence-electron chi connectivity index (χ1n) is 7.49. The Balaban J connectivity index is 2.30. The highest BCUT2D eigenvalue weighted by Gasteiger charge is 2.43. The van der Waals surface area contributed by atoms with Crippen molar-refractivity contribution in [2.45, 2.75) is 45.1 Å². The van der Waals surface area contributed by atoms with E-state index in [1.165, 1.54) is 6.42 Å². The maximum absolute atomic E-state index is 10.8. The van der Waals surface area contributed by atoms with Gasteiger partial charge in [-0.25, -0.2) is 0 Å². The Kier molecular flexibility index (Phi) is 5.29. The van der Waals surface area contributed by atoms with Crippen LogP contribution in [0.2, 0.25) is 0 Å². The average Bonchev–Trinajstić information content (AvgIpc) is 2.53. The van der Waals surface area contributed by atoms with Crippen molar-refractivity contribution in [1.29, 1.82) is 5.26 Å². The average molecular weight is 352 g/mol. The zero-order valence-corrected chi connectivity index (χ0v) is 14.2. The Labute approximate surface area is 135 Å². The van der Waals surface area contributed by atoms with Gasteiger partial charge in [0.2, 0.25) is 0 Å². The molecule has 0 heterocycles. The van der Waals surface area contributed by atoms with Gasteiger partial charge in [0.1, 0.15) is 5.75 Å². The summed E-state index contributed by atoms with van der Waals surface area (Å²) in [6, 6.07) is 7.97. The fraction of sp³-hybridized carbons (Fsp3) is 0.588. The van der Waals surface area contributed by atoms with Gasteiger partial charge >= 0.3 is 0 Å². The third kappa shape index (κ3) is 3.25. The molecule has 21 heavy (non-hydrogen) atoms. The molecule has 1 aliphatic carbocycles. The van der Waals surface area contributed by atoms with Crippen LogP contribution in [0.15, 0.2) is 22.7 Å². The molecule has 0 radical (unpaired) electrons. The van der Waals surface area contributed by atoms with E-state index in [2.05, 4.69) is 28.9 Å². The van der Waals surface area contributed by atoms with Gasteiger partial charge in [0, 0.05) is 0 Å². The highest BCUT2D eigenvalue weighted by molar-refractivity contribution is 9.10. The molecule has 1 aromatic carbocycles. The van der Waals surface area contributed by atoms with Gasteiger partial charge < -0.3 is 9.84 Å². The predicted octanol–water partition coefficient (Wildman–Crippen LogP) is 4.60. The van der Waals surface area contributed by atoms with Gasteiger partial charge in [-0.3, -0.25) is 0 Å². The quantitative estimate of drug-likeness (QED) is 0.862. The number of nitrogens with zero attached hydrogens (tertiary/aromatic N) is 1. The number of methoxy groups -OCH3 is 1. The van der Waals surface area contributed by atoms with Crippen LogP contribution in [-0.2, 0) is 0 Å². The first kappa shape index (κ1) is 16.3. The van der Waals surface area contributed by atoms with Crippen LogP contribution in [0.1, 0.15) is 50.7 Å². The van der Waals surface area contributed by atoms with E-state index in [0.29, 0.717) is 5.92 Å². The molecule has 1 N–H and O–H groups in total. The molecular formula is C17H22BrNO2. The van der Waals surface area contributed by atoms with Crippen LogP contribution in [0, 0.1) is 22.7 Å². The van der Waals surface area contributed by atoms with Gasteiger partial charge in [-0.15, -0.1) is 0 Å². The Morgan fingerprint density at radius 1 is 1.57 bits per heavy atom. The lowest BCUT2D eigenvalue weighted by Gasteiger charge is -2.39. The molecule has 1 aromatic rings. The highest BCUT2D eigenvalue weighted by Crippen LogP contribution is 2.48. The molecule has 0 aliphatic heterocycles. The summed E-state index contributed by atoms with van der Waals surface area (Å²) in [6.07, 6.45) is 4.05. The lowest BCUT2D eigenvalue weighted by Crippen LogP contribution is -2.33. The first-order chi connectivity index (χ1) is 10.1. The summed E-state index contributed by atoms with van der Waals surface area (Å²) < 4.78 is 6.02. The minimum atomic E-state index is -0.751. The van der Waals surface area contributed by atoms with Crippen LogP contribution in [0.4, 0.5) is 0 Å². The molecule has 1 saturated carbocycles. The van der Waals surface area contributed by atoms with Crippen molar-refractivity contribution in [1.82, 2.24) is 0 Å². The molecule has 2 rings (SSSR count). The SMILES string of the molecule is CCC1CCCC(C#N)(C(O)c2ccc(OC)c(Br)c2)C1. The van der Waals surface area contributed by atoms with Crippen LogP contribution in [0.25, 0.3) is 0 Å². The molecular weight excluding hydrogens is 330 g/mol. The fourth-order valence-electron chi connectivity index (χ4n) is 3.36. The van der Waals surface area contributed by atoms with Crippen LogP contribution >= 0.6 is 15.9 Å². The Morgan fingerprint density at radius 3 is 2.90 bits per heavy atom. The summed E-state index contributed by atoms with van der Waals surface area (Å²) in [4.78, 5) is 0. The molecule has 114 valence electrons. The predicted molar refractivity (Wildman–Crippen MR) is 85.9 cm³/mol. The van der Waals surface area contributed by atoms with Crippen molar-refractivity contribution < 1.29 is 9.84 Å². The van der Waals surface area contributed by atoms with E-state index >= 15 is 0 Å². The summed E-state index contributed by atoms with van der Waals surface area (Å²) in [6.45, 7) is 2.16. The van der Waals surface area contributed by atoms with Crippen molar-refractivity contribution >= 4 is 15.9 Å². The van der Waals surface area contributed by atoms with E-state index in [1.807, 2.05) is 18.2 Å². The van der Waals surface area contributed by atoms with Crippen molar-refractivity contribution in [2.24, 2.45) is 11.3 Å². The zero-order chi connectivity index (χ0) is 15.5. The number of nitriles is 1. The van der Waals surface area contributed by atoms with Crippen LogP contribution in [0.5, 0.6) is 5.75 Å². The third-order valence-electron chi connectivity index (χ3n) is 4.70. The van der Waals surface area contributed by atoms with Gasteiger partial charge in [-0.05, 0) is 52.4 Å². The minimum Gasteiger partial charge on any atom is -0.496 e. The number of benzene rings is 1. The van der Waals surface area contributed by atoms with Crippen LogP contribution in [0.3, 0.4) is 0 Å². The maximum Gasteiger partial charge on any atom is 0.133 e. The summed E-state index contributed by atoms with van der Waals surface area (Å²) >= 11 is 3.45. The van der Waals surface area contributed by atoms with Crippen molar-refractivity contribution in [3.8, 4) is 11.8 Å². The van der Waals surface area contributed by atoms with Gasteiger partial charge in [-0.1, -0.05) is 32.3 Å². The summed E-state index contributed by atoms with van der Waals surface area (Å²) in [7, 11) is 1.61. The summed E-state index contributed by atoms with van der Waals surface area (Å²) in [5, 5.41) is 20.5. The molecule has 3 unspecified atom stereocenters. The molecule has 4 heteroatoms. The molecule has 0 amide bonds. The number of rotatable bonds is 4. The zero-order valence-electron chi connectivity index (χ0n) is 12.6. The molecule has 1 fully saturated rings. The number of aliphatic hydroxyl groups is 1. The normalized spacial score (nSPS) is 26.9. The van der Waals surface area contributed by atoms with Gasteiger partial charge in [0.15, 0.2) is 0 Å². The maximum atomic E-state index is 10.8. The van der Waals surface area contributed by atoms with E-state index < -0.39 is 11.5 Å². The third-order valence-corrected chi connectivity index (χ3v) is 5.32. The molecule has 1 aliphatic rings. The number of hydrogen-bond donors (Lipinski definition) is 1. The molecule has 3 nitrogen and oxygen atoms in total. The van der Waals surface area contributed by atoms with Gasteiger partial charge in [0.25, 0.3) is 0 Å². The largest absolute Gasteiger partial charge is 0.496 e. The van der Waals surface area contributed by atoms with E-state index in [0.717, 1.165) is 41.5 Å². The van der Waals surface area contributed by atoms with Crippen LogP contribution in [-0.4, -0.2) is 12.2 Å². The Hall–Kier alpha value is -1.05. The second-order valence-electron chi connectivity index (χ2n) is 5.94. The summed E-state index contributed by atoms with van der Waals surface area (Å²) in [5.74, 6) is 1.27. The molecule has 0 saturated heterocycles. The number of ether oxygens (including phenoxy) is 1. The lowest BCUT2D eigenvalue weighted by atomic mass is 9.65. The van der Waals surface area contributed by atoms with Gasteiger partial charge in [-0.2, -0.15) is 5.26 Å². The number of aliphatic hydroxyl groups excluding tert-OH is 1. The summed E-state index contributed by atoms with van der Waals surface area (Å²) in [5.41, 5.74) is 0.119. The number of hydrogen-bond acceptors (Lipinski definition) is 3. The molecule has 3 atom stereocenters. The topological polar surface area (TPSA) is 53.2 Å². The fourth-order valence-corrected chi connectivity index (χ4v) is 3.92. The monoisotopic (exact) mass is 351 g/mol. The minimum absolute atomic E-state index is 0.537. The van der Waals surface area contributed by atoms with Crippen molar-refractivity contribution in [3.05, 3.63) is 28.2 Å². The standard InChI is InChI=1S/C17H22BrNO2/c1-3-12-5-4-8-17(10-12,11-19)16(20)13-6-7-15(21-2)14(18)9-13/h6-7,9,12,16,20H,3-5,8,10H2,1-2H3. The second kappa shape index (κ2) is 6.81. The van der Waals surface area contributed by atoms with E-state index in [9.17, 15) is 10.4 Å². The molecule has 0 bridgehead atoms. The number of halogens is 1. The van der Waals surface area contributed by atoms with Crippen molar-refractivity contribution in [3.63, 3.8) is 0 Å². The van der Waals surface area contributed by atoms with Crippen molar-refractivity contribution in [2.75, 3.05) is 7.11 Å². The van der Waals surface area contributed by atoms with E-state index in [4.69, 9.17) is 4.74 Å². The molecule has 0 spiro atoms. The van der Waals surface area contributed by atoms with Crippen LogP contribution < -0.4 is 4.74 Å². The second-order valence-corrected chi connectivity index (χ2v) is 6.79. The molecule has 0 aromatic heterocycles. The Bertz CT molecular complexity index is 540. The van der Waals surface area contributed by atoms with E-state index in [-0.39, 0.29) is 0 Å². The smallest absolute Gasteiger partial charge is 0.133 e. The highest BCUT2D eigenvalue weighted by atomic mass is 79.9. The van der Waals surface area contributed by atoms with E-state index in [1.54, 1.807) is 7.11 Å². The van der Waals surface area contributed by atoms with Gasteiger partial charge in [0.05, 0.1) is 29.2 Å². The first-order valence-corrected chi connectivity index (χ1v) is 8.28. The Morgan fingerprint density at radius 2 is 2.33 bits per heavy atom.